The Bertz CT molecular complexity index is 848. The van der Waals surface area contributed by atoms with Crippen molar-refractivity contribution in [1.82, 2.24) is 5.16 Å². The van der Waals surface area contributed by atoms with Crippen molar-refractivity contribution in [1.29, 1.82) is 0 Å². The third kappa shape index (κ3) is 4.28. The highest BCUT2D eigenvalue weighted by molar-refractivity contribution is 6.43. The van der Waals surface area contributed by atoms with Crippen LogP contribution >= 0.6 is 0 Å². The molecule has 1 heterocycles. The molecule has 0 aliphatic rings. The number of carbonyl (C=O) groups excluding carboxylic acids is 2. The molecule has 0 bridgehead atoms. The molecule has 0 fully saturated rings. The second-order valence-electron chi connectivity index (χ2n) is 4.92. The largest absolute Gasteiger partial charge is 0.433 e. The lowest BCUT2D eigenvalue weighted by Gasteiger charge is -2.11. The zero-order valence-corrected chi connectivity index (χ0v) is 13.4. The Labute approximate surface area is 144 Å². The number of halogens is 2. The van der Waals surface area contributed by atoms with E-state index in [1.165, 1.54) is 13.8 Å². The predicted molar refractivity (Wildman–Crippen MR) is 83.0 cm³/mol. The van der Waals surface area contributed by atoms with Crippen LogP contribution in [-0.2, 0) is 9.59 Å². The van der Waals surface area contributed by atoms with Gasteiger partial charge in [-0.15, -0.1) is 0 Å². The topological polar surface area (TPSA) is 137 Å². The summed E-state index contributed by atoms with van der Waals surface area (Å²) in [5.74, 6) is -2.71. The van der Waals surface area contributed by atoms with E-state index in [9.17, 15) is 28.5 Å². The number of ether oxygens (including phenoxy) is 1. The first-order valence-corrected chi connectivity index (χ1v) is 6.97. The van der Waals surface area contributed by atoms with E-state index < -0.39 is 40.5 Å². The van der Waals surface area contributed by atoms with Crippen LogP contribution in [0.1, 0.15) is 11.5 Å². The maximum absolute atomic E-state index is 12.4. The number of aryl methyl sites for hydroxylation is 2. The highest BCUT2D eigenvalue weighted by Crippen LogP contribution is 2.30. The number of amides is 2. The molecule has 0 radical (unpaired) electrons. The van der Waals surface area contributed by atoms with E-state index in [0.717, 1.165) is 18.2 Å². The molecule has 26 heavy (non-hydrogen) atoms. The summed E-state index contributed by atoms with van der Waals surface area (Å²) in [6.45, 7) is -0.204. The molecule has 2 rings (SSSR count). The number of anilines is 2. The lowest BCUT2D eigenvalue weighted by molar-refractivity contribution is -0.384. The lowest BCUT2D eigenvalue weighted by atomic mass is 10.2. The summed E-state index contributed by atoms with van der Waals surface area (Å²) in [5, 5.41) is 18.6. The van der Waals surface area contributed by atoms with Crippen molar-refractivity contribution in [3.8, 4) is 5.75 Å². The molecule has 0 spiro atoms. The van der Waals surface area contributed by atoms with Gasteiger partial charge in [0.25, 0.3) is 5.69 Å². The molecule has 1 aromatic heterocycles. The van der Waals surface area contributed by atoms with Gasteiger partial charge in [-0.3, -0.25) is 19.7 Å². The van der Waals surface area contributed by atoms with E-state index in [-0.39, 0.29) is 11.4 Å². The van der Waals surface area contributed by atoms with Gasteiger partial charge in [0.05, 0.1) is 10.6 Å². The van der Waals surface area contributed by atoms with Gasteiger partial charge in [0, 0.05) is 12.1 Å². The van der Waals surface area contributed by atoms with Gasteiger partial charge < -0.3 is 19.9 Å². The van der Waals surface area contributed by atoms with Crippen LogP contribution in [-0.4, -0.2) is 28.5 Å². The molecular formula is C14H12F2N4O6. The molecular weight excluding hydrogens is 358 g/mol. The van der Waals surface area contributed by atoms with Gasteiger partial charge in [-0.25, -0.2) is 0 Å². The molecule has 138 valence electrons. The monoisotopic (exact) mass is 370 g/mol. The number of nitrogens with zero attached hydrogens (tertiary/aromatic N) is 2. The average molecular weight is 370 g/mol. The van der Waals surface area contributed by atoms with Gasteiger partial charge in [0.15, 0.2) is 5.76 Å². The fourth-order valence-electron chi connectivity index (χ4n) is 1.94. The number of nitrogens with one attached hydrogen (secondary N) is 2. The third-order valence-electron chi connectivity index (χ3n) is 3.12. The van der Waals surface area contributed by atoms with E-state index in [2.05, 4.69) is 15.2 Å². The number of nitro groups is 1. The quantitative estimate of drug-likeness (QED) is 0.468. The molecule has 1 aromatic carbocycles. The van der Waals surface area contributed by atoms with Crippen molar-refractivity contribution in [3.63, 3.8) is 0 Å². The van der Waals surface area contributed by atoms with Crippen LogP contribution in [0.4, 0.5) is 25.8 Å². The summed E-state index contributed by atoms with van der Waals surface area (Å²) in [4.78, 5) is 33.9. The highest BCUT2D eigenvalue weighted by atomic mass is 19.3. The summed E-state index contributed by atoms with van der Waals surface area (Å²) in [6.07, 6.45) is 0. The first-order chi connectivity index (χ1) is 12.2. The molecule has 0 aliphatic heterocycles. The number of carbonyl (C=O) groups is 2. The summed E-state index contributed by atoms with van der Waals surface area (Å²) < 4.78 is 33.9. The Balaban J connectivity index is 2.22. The van der Waals surface area contributed by atoms with E-state index >= 15 is 0 Å². The van der Waals surface area contributed by atoms with Crippen LogP contribution in [0.5, 0.6) is 5.75 Å². The van der Waals surface area contributed by atoms with Crippen LogP contribution < -0.4 is 15.4 Å². The van der Waals surface area contributed by atoms with E-state index in [0.29, 0.717) is 5.69 Å². The van der Waals surface area contributed by atoms with Gasteiger partial charge in [-0.2, -0.15) is 8.78 Å². The molecule has 0 unspecified atom stereocenters. The summed E-state index contributed by atoms with van der Waals surface area (Å²) in [5.41, 5.74) is -0.458. The summed E-state index contributed by atoms with van der Waals surface area (Å²) in [7, 11) is 0. The minimum atomic E-state index is -3.23. The normalized spacial score (nSPS) is 10.5. The first-order valence-electron chi connectivity index (χ1n) is 6.97. The van der Waals surface area contributed by atoms with E-state index in [1.807, 2.05) is 5.32 Å². The predicted octanol–water partition coefficient (Wildman–Crippen LogP) is 2.38. The summed E-state index contributed by atoms with van der Waals surface area (Å²) in [6, 6.07) is 2.59. The van der Waals surface area contributed by atoms with Gasteiger partial charge in [0.2, 0.25) is 0 Å². The van der Waals surface area contributed by atoms with Crippen molar-refractivity contribution < 1.29 is 32.6 Å². The number of hydrogen-bond acceptors (Lipinski definition) is 7. The summed E-state index contributed by atoms with van der Waals surface area (Å²) >= 11 is 0. The molecule has 0 saturated carbocycles. The van der Waals surface area contributed by atoms with Gasteiger partial charge in [0.1, 0.15) is 17.1 Å². The molecule has 2 N–H and O–H groups in total. The number of non-ortho nitro benzene ring substituents is 1. The van der Waals surface area contributed by atoms with Gasteiger partial charge in [-0.05, 0) is 19.9 Å². The van der Waals surface area contributed by atoms with Crippen LogP contribution in [0.3, 0.4) is 0 Å². The Morgan fingerprint density at radius 1 is 1.27 bits per heavy atom. The van der Waals surface area contributed by atoms with Crippen molar-refractivity contribution in [2.75, 3.05) is 10.6 Å². The number of nitro benzene ring substituents is 1. The number of benzene rings is 1. The van der Waals surface area contributed by atoms with Crippen LogP contribution in [0.25, 0.3) is 0 Å². The smallest absolute Gasteiger partial charge is 0.387 e. The number of aromatic nitrogens is 1. The zero-order valence-electron chi connectivity index (χ0n) is 13.4. The Hall–Kier alpha value is -3.57. The molecule has 0 atom stereocenters. The minimum absolute atomic E-state index is 0.174. The van der Waals surface area contributed by atoms with Crippen molar-refractivity contribution in [2.45, 2.75) is 20.5 Å². The zero-order chi connectivity index (χ0) is 19.4. The average Bonchev–Trinajstić information content (AvgIpc) is 2.87. The maximum atomic E-state index is 12.4. The lowest BCUT2D eigenvalue weighted by Crippen LogP contribution is -2.29. The Kier molecular flexibility index (Phi) is 5.45. The van der Waals surface area contributed by atoms with Crippen molar-refractivity contribution >= 4 is 28.9 Å². The highest BCUT2D eigenvalue weighted by Gasteiger charge is 2.22. The molecule has 10 nitrogen and oxygen atoms in total. The van der Waals surface area contributed by atoms with Crippen LogP contribution in [0, 0.1) is 24.0 Å². The Morgan fingerprint density at radius 3 is 2.46 bits per heavy atom. The SMILES string of the molecule is Cc1noc(C)c1NC(=O)C(=O)Nc1cc([N+](=O)[O-])ccc1OC(F)F. The second kappa shape index (κ2) is 7.55. The molecule has 12 heteroatoms. The maximum Gasteiger partial charge on any atom is 0.387 e. The molecule has 0 aliphatic carbocycles. The van der Waals surface area contributed by atoms with Crippen LogP contribution in [0.15, 0.2) is 22.7 Å². The van der Waals surface area contributed by atoms with Gasteiger partial charge in [-0.1, -0.05) is 5.16 Å². The molecule has 0 saturated heterocycles. The molecule has 2 aromatic rings. The van der Waals surface area contributed by atoms with Crippen molar-refractivity contribution in [3.05, 3.63) is 39.8 Å². The fraction of sp³-hybridized carbons (Fsp3) is 0.214. The van der Waals surface area contributed by atoms with Crippen molar-refractivity contribution in [2.24, 2.45) is 0 Å². The van der Waals surface area contributed by atoms with Gasteiger partial charge >= 0.3 is 18.4 Å². The number of alkyl halides is 2. The fourth-order valence-corrected chi connectivity index (χ4v) is 1.94. The number of rotatable bonds is 5. The van der Waals surface area contributed by atoms with Crippen LogP contribution in [0.2, 0.25) is 0 Å². The minimum Gasteiger partial charge on any atom is -0.433 e. The number of hydrogen-bond donors (Lipinski definition) is 2. The van der Waals surface area contributed by atoms with E-state index in [1.54, 1.807) is 0 Å². The first kappa shape index (κ1) is 18.8. The van der Waals surface area contributed by atoms with E-state index in [4.69, 9.17) is 4.52 Å². The molecule has 2 amide bonds. The third-order valence-corrected chi connectivity index (χ3v) is 3.12. The Morgan fingerprint density at radius 2 is 1.92 bits per heavy atom. The second-order valence-corrected chi connectivity index (χ2v) is 4.92. The standard InChI is InChI=1S/C14H12F2N4O6/c1-6-11(7(2)26-19-6)18-13(22)12(21)17-9-5-8(20(23)24)3-4-10(9)25-14(15)16/h3-5,14H,1-2H3,(H,17,21)(H,18,22).